The van der Waals surface area contributed by atoms with E-state index in [-0.39, 0.29) is 22.0 Å². The van der Waals surface area contributed by atoms with Crippen LogP contribution in [0.25, 0.3) is 0 Å². The number of carbonyl (C=O) groups excluding carboxylic acids is 1. The number of carbonyl (C=O) groups is 1. The molecule has 0 aliphatic rings. The van der Waals surface area contributed by atoms with Gasteiger partial charge in [-0.3, -0.25) is 4.79 Å². The molecule has 0 aliphatic heterocycles. The van der Waals surface area contributed by atoms with Crippen molar-refractivity contribution in [3.63, 3.8) is 0 Å². The molecule has 0 radical (unpaired) electrons. The minimum atomic E-state index is -0.389. The Morgan fingerprint density at radius 1 is 0.800 bits per heavy atom. The molecule has 0 heterocycles. The minimum absolute atomic E-state index is 0.171. The maximum atomic E-state index is 11.6. The lowest BCUT2D eigenvalue weighted by atomic mass is 9.84. The van der Waals surface area contributed by atoms with Crippen LogP contribution in [-0.2, 0) is 14.3 Å². The van der Waals surface area contributed by atoms with Gasteiger partial charge in [-0.05, 0) is 30.5 Å². The summed E-state index contributed by atoms with van der Waals surface area (Å²) in [5.74, 6) is -0.253. The van der Waals surface area contributed by atoms with Gasteiger partial charge in [0.15, 0.2) is 0 Å². The lowest BCUT2D eigenvalue weighted by molar-refractivity contribution is -0.139. The van der Waals surface area contributed by atoms with Gasteiger partial charge in [0.2, 0.25) is 0 Å². The molecule has 0 amide bonds. The quantitative estimate of drug-likeness (QED) is 0.380. The first kappa shape index (κ1) is 22.1. The number of methoxy groups -OCH3 is 1. The molecule has 3 rings (SSSR count). The van der Waals surface area contributed by atoms with Gasteiger partial charge in [-0.1, -0.05) is 91.0 Å². The van der Waals surface area contributed by atoms with Crippen molar-refractivity contribution in [3.8, 4) is 0 Å². The summed E-state index contributed by atoms with van der Waals surface area (Å²) in [7, 11) is 1.41. The van der Waals surface area contributed by atoms with Crippen LogP contribution in [0, 0.1) is 0 Å². The molecular weight excluding hydrogens is 390 g/mol. The van der Waals surface area contributed by atoms with Crippen LogP contribution < -0.4 is 5.32 Å². The number of benzene rings is 3. The van der Waals surface area contributed by atoms with Gasteiger partial charge < -0.3 is 10.1 Å². The Bertz CT molecular complexity index is 830. The van der Waals surface area contributed by atoms with E-state index in [1.165, 1.54) is 23.8 Å². The fourth-order valence-corrected chi connectivity index (χ4v) is 5.45. The van der Waals surface area contributed by atoms with Crippen LogP contribution in [0.1, 0.15) is 30.5 Å². The summed E-state index contributed by atoms with van der Waals surface area (Å²) < 4.78 is 4.21. The first-order valence-electron chi connectivity index (χ1n) is 10.1. The summed E-state index contributed by atoms with van der Waals surface area (Å²) in [6, 6.07) is 31.9. The van der Waals surface area contributed by atoms with Crippen LogP contribution in [0.5, 0.6) is 0 Å². The Balaban J connectivity index is 2.08. The number of hydrogen-bond donors (Lipinski definition) is 1. The molecule has 3 nitrogen and oxygen atoms in total. The van der Waals surface area contributed by atoms with Crippen molar-refractivity contribution in [3.05, 3.63) is 108 Å². The topological polar surface area (TPSA) is 38.3 Å². The Kier molecular flexibility index (Phi) is 7.35. The third kappa shape index (κ3) is 5.13. The largest absolute Gasteiger partial charge is 0.468 e. The standard InChI is InChI=1S/C26H29NO2S/c1-25(2,20-27-19-24(28)29-3)30-26(21-13-7-4-8-14-21,22-15-9-5-10-16-22)23-17-11-6-12-18-23/h4-18,27H,19-20H2,1-3H3. The van der Waals surface area contributed by atoms with Gasteiger partial charge in [0.1, 0.15) is 0 Å². The van der Waals surface area contributed by atoms with Gasteiger partial charge in [-0.25, -0.2) is 0 Å². The molecule has 0 aliphatic carbocycles. The Morgan fingerprint density at radius 2 is 1.20 bits per heavy atom. The molecule has 4 heteroatoms. The lowest BCUT2D eigenvalue weighted by Crippen LogP contribution is -2.40. The van der Waals surface area contributed by atoms with Crippen molar-refractivity contribution in [2.75, 3.05) is 20.2 Å². The predicted octanol–water partition coefficient (Wildman–Crippen LogP) is 5.25. The fraction of sp³-hybridized carbons (Fsp3) is 0.269. The van der Waals surface area contributed by atoms with Crippen LogP contribution in [-0.4, -0.2) is 30.9 Å². The summed E-state index contributed by atoms with van der Waals surface area (Å²) in [5.41, 5.74) is 3.69. The molecule has 0 aromatic heterocycles. The highest BCUT2D eigenvalue weighted by Crippen LogP contribution is 2.53. The van der Waals surface area contributed by atoms with Gasteiger partial charge in [0, 0.05) is 11.3 Å². The highest BCUT2D eigenvalue weighted by Gasteiger charge is 2.41. The smallest absolute Gasteiger partial charge is 0.319 e. The zero-order chi connectivity index (χ0) is 21.5. The summed E-state index contributed by atoms with van der Waals surface area (Å²) in [5, 5.41) is 3.26. The third-order valence-corrected chi connectivity index (χ3v) is 6.73. The summed E-state index contributed by atoms with van der Waals surface area (Å²) >= 11 is 1.90. The van der Waals surface area contributed by atoms with Crippen molar-refractivity contribution >= 4 is 17.7 Å². The monoisotopic (exact) mass is 419 g/mol. The molecular formula is C26H29NO2S. The molecule has 0 saturated carbocycles. The Hall–Kier alpha value is -2.56. The predicted molar refractivity (Wildman–Crippen MR) is 126 cm³/mol. The maximum Gasteiger partial charge on any atom is 0.319 e. The van der Waals surface area contributed by atoms with E-state index in [4.69, 9.17) is 4.74 Å². The fourth-order valence-electron chi connectivity index (χ4n) is 3.68. The molecule has 0 unspecified atom stereocenters. The Labute approximate surface area is 183 Å². The zero-order valence-corrected chi connectivity index (χ0v) is 18.6. The van der Waals surface area contributed by atoms with E-state index in [1.807, 2.05) is 11.8 Å². The second-order valence-corrected chi connectivity index (χ2v) is 9.74. The molecule has 0 atom stereocenters. The average molecular weight is 420 g/mol. The second-order valence-electron chi connectivity index (χ2n) is 7.82. The number of thioether (sulfide) groups is 1. The van der Waals surface area contributed by atoms with E-state index in [2.05, 4.69) is 110 Å². The molecule has 0 spiro atoms. The number of nitrogens with one attached hydrogen (secondary N) is 1. The second kappa shape index (κ2) is 9.96. The summed E-state index contributed by atoms with van der Waals surface area (Å²) in [4.78, 5) is 11.6. The third-order valence-electron chi connectivity index (χ3n) is 5.02. The molecule has 156 valence electrons. The van der Waals surface area contributed by atoms with E-state index < -0.39 is 0 Å². The first-order valence-corrected chi connectivity index (χ1v) is 10.9. The van der Waals surface area contributed by atoms with Crippen LogP contribution >= 0.6 is 11.8 Å². The first-order chi connectivity index (χ1) is 14.5. The number of esters is 1. The van der Waals surface area contributed by atoms with Crippen LogP contribution in [0.3, 0.4) is 0 Å². The molecule has 0 fully saturated rings. The van der Waals surface area contributed by atoms with Crippen molar-refractivity contribution < 1.29 is 9.53 Å². The number of hydrogen-bond acceptors (Lipinski definition) is 4. The van der Waals surface area contributed by atoms with Crippen molar-refractivity contribution in [2.45, 2.75) is 23.3 Å². The molecule has 0 saturated heterocycles. The lowest BCUT2D eigenvalue weighted by Gasteiger charge is -2.41. The van der Waals surface area contributed by atoms with Crippen molar-refractivity contribution in [2.24, 2.45) is 0 Å². The van der Waals surface area contributed by atoms with E-state index in [0.717, 1.165) is 0 Å². The van der Waals surface area contributed by atoms with Crippen molar-refractivity contribution in [1.82, 2.24) is 5.32 Å². The SMILES string of the molecule is COC(=O)CNCC(C)(C)SC(c1ccccc1)(c1ccccc1)c1ccccc1. The molecule has 3 aromatic rings. The van der Waals surface area contributed by atoms with Gasteiger partial charge in [-0.15, -0.1) is 11.8 Å². The average Bonchev–Trinajstić information content (AvgIpc) is 2.79. The van der Waals surface area contributed by atoms with E-state index >= 15 is 0 Å². The van der Waals surface area contributed by atoms with Gasteiger partial charge in [-0.2, -0.15) is 0 Å². The highest BCUT2D eigenvalue weighted by atomic mass is 32.2. The summed E-state index contributed by atoms with van der Waals surface area (Å²) in [6.07, 6.45) is 0. The molecule has 30 heavy (non-hydrogen) atoms. The van der Waals surface area contributed by atoms with E-state index in [0.29, 0.717) is 6.54 Å². The van der Waals surface area contributed by atoms with Crippen LogP contribution in [0.15, 0.2) is 91.0 Å². The van der Waals surface area contributed by atoms with Crippen LogP contribution in [0.2, 0.25) is 0 Å². The highest BCUT2D eigenvalue weighted by molar-refractivity contribution is 8.02. The summed E-state index contributed by atoms with van der Waals surface area (Å²) in [6.45, 7) is 5.30. The number of ether oxygens (including phenoxy) is 1. The number of rotatable bonds is 9. The van der Waals surface area contributed by atoms with E-state index in [1.54, 1.807) is 0 Å². The molecule has 0 bridgehead atoms. The van der Waals surface area contributed by atoms with Gasteiger partial charge in [0.25, 0.3) is 0 Å². The van der Waals surface area contributed by atoms with Crippen LogP contribution in [0.4, 0.5) is 0 Å². The molecule has 1 N–H and O–H groups in total. The van der Waals surface area contributed by atoms with Gasteiger partial charge in [0.05, 0.1) is 18.4 Å². The Morgan fingerprint density at radius 3 is 1.57 bits per heavy atom. The van der Waals surface area contributed by atoms with E-state index in [9.17, 15) is 4.79 Å². The maximum absolute atomic E-state index is 11.6. The minimum Gasteiger partial charge on any atom is -0.468 e. The van der Waals surface area contributed by atoms with Gasteiger partial charge >= 0.3 is 5.97 Å². The normalized spacial score (nSPS) is 11.8. The van der Waals surface area contributed by atoms with Crippen molar-refractivity contribution in [1.29, 1.82) is 0 Å². The molecule has 3 aromatic carbocycles. The zero-order valence-electron chi connectivity index (χ0n) is 17.8.